The van der Waals surface area contributed by atoms with Crippen LogP contribution in [0.1, 0.15) is 43.6 Å². The molecule has 5 heteroatoms. The van der Waals surface area contributed by atoms with Crippen LogP contribution in [-0.2, 0) is 9.53 Å². The summed E-state index contributed by atoms with van der Waals surface area (Å²) in [6, 6.07) is 13.5. The molecule has 2 aromatic carbocycles. The maximum atomic E-state index is 12.5. The van der Waals surface area contributed by atoms with Crippen LogP contribution in [0.15, 0.2) is 48.5 Å². The highest BCUT2D eigenvalue weighted by molar-refractivity contribution is 6.34. The van der Waals surface area contributed by atoms with Gasteiger partial charge in [0.15, 0.2) is 11.4 Å². The van der Waals surface area contributed by atoms with Crippen LogP contribution >= 0.6 is 11.6 Å². The highest BCUT2D eigenvalue weighted by Gasteiger charge is 2.32. The van der Waals surface area contributed by atoms with Crippen LogP contribution in [0.3, 0.4) is 0 Å². The standard InChI is InChI=1S/C20H21ClO4/c1-13(2)24-19(23)20(3,4)25-15-11-9-14(10-12-15)18(22)16-7-5-6-8-17(16)21/h5-13H,1-4H3. The van der Waals surface area contributed by atoms with E-state index in [9.17, 15) is 9.59 Å². The molecule has 0 heterocycles. The van der Waals surface area contributed by atoms with Crippen molar-refractivity contribution in [3.63, 3.8) is 0 Å². The summed E-state index contributed by atoms with van der Waals surface area (Å²) >= 11 is 6.07. The number of halogens is 1. The van der Waals surface area contributed by atoms with Crippen molar-refractivity contribution >= 4 is 23.4 Å². The molecular formula is C20H21ClO4. The van der Waals surface area contributed by atoms with Crippen molar-refractivity contribution in [3.8, 4) is 5.75 Å². The molecule has 2 aromatic rings. The molecule has 2 rings (SSSR count). The van der Waals surface area contributed by atoms with Crippen LogP contribution in [0.25, 0.3) is 0 Å². The Morgan fingerprint density at radius 2 is 1.60 bits per heavy atom. The number of carbonyl (C=O) groups is 2. The van der Waals surface area contributed by atoms with Crippen molar-refractivity contribution in [2.75, 3.05) is 0 Å². The van der Waals surface area contributed by atoms with Crippen molar-refractivity contribution in [1.29, 1.82) is 0 Å². The zero-order chi connectivity index (χ0) is 18.6. The van der Waals surface area contributed by atoms with Crippen LogP contribution in [0.2, 0.25) is 5.02 Å². The number of hydrogen-bond donors (Lipinski definition) is 0. The normalized spacial score (nSPS) is 11.3. The average Bonchev–Trinajstić information content (AvgIpc) is 2.54. The van der Waals surface area contributed by atoms with Gasteiger partial charge in [0.2, 0.25) is 0 Å². The Morgan fingerprint density at radius 3 is 2.16 bits per heavy atom. The quantitative estimate of drug-likeness (QED) is 0.554. The van der Waals surface area contributed by atoms with Gasteiger partial charge in [-0.3, -0.25) is 4.79 Å². The molecule has 4 nitrogen and oxygen atoms in total. The lowest BCUT2D eigenvalue weighted by Gasteiger charge is -2.25. The second-order valence-electron chi connectivity index (χ2n) is 6.40. The van der Waals surface area contributed by atoms with Crippen molar-refractivity contribution in [2.24, 2.45) is 0 Å². The maximum absolute atomic E-state index is 12.5. The van der Waals surface area contributed by atoms with Crippen LogP contribution in [0, 0.1) is 0 Å². The summed E-state index contributed by atoms with van der Waals surface area (Å²) in [6.07, 6.45) is -0.217. The monoisotopic (exact) mass is 360 g/mol. The highest BCUT2D eigenvalue weighted by atomic mass is 35.5. The molecule has 0 radical (unpaired) electrons. The Hall–Kier alpha value is -2.33. The predicted octanol–water partition coefficient (Wildman–Crippen LogP) is 4.68. The van der Waals surface area contributed by atoms with Crippen molar-refractivity contribution in [3.05, 3.63) is 64.7 Å². The van der Waals surface area contributed by atoms with E-state index in [1.807, 2.05) is 0 Å². The van der Waals surface area contributed by atoms with E-state index in [1.165, 1.54) is 0 Å². The van der Waals surface area contributed by atoms with Gasteiger partial charge in [0.1, 0.15) is 5.75 Å². The number of ketones is 1. The first kappa shape index (κ1) is 19.0. The Labute approximate surface area is 152 Å². The maximum Gasteiger partial charge on any atom is 0.350 e. The Balaban J connectivity index is 2.13. The molecule has 0 atom stereocenters. The van der Waals surface area contributed by atoms with Gasteiger partial charge in [-0.05, 0) is 64.1 Å². The number of hydrogen-bond acceptors (Lipinski definition) is 4. The molecular weight excluding hydrogens is 340 g/mol. The first-order chi connectivity index (χ1) is 11.7. The minimum atomic E-state index is -1.13. The van der Waals surface area contributed by atoms with Crippen LogP contribution in [0.5, 0.6) is 5.75 Å². The van der Waals surface area contributed by atoms with Gasteiger partial charge in [-0.1, -0.05) is 23.7 Å². The van der Waals surface area contributed by atoms with E-state index in [0.29, 0.717) is 21.9 Å². The zero-order valence-corrected chi connectivity index (χ0v) is 15.5. The van der Waals surface area contributed by atoms with Gasteiger partial charge in [0.05, 0.1) is 11.1 Å². The topological polar surface area (TPSA) is 52.6 Å². The predicted molar refractivity (Wildman–Crippen MR) is 97.3 cm³/mol. The second kappa shape index (κ2) is 7.70. The first-order valence-electron chi connectivity index (χ1n) is 8.00. The van der Waals surface area contributed by atoms with Gasteiger partial charge in [0.25, 0.3) is 0 Å². The minimum Gasteiger partial charge on any atom is -0.476 e. The summed E-state index contributed by atoms with van der Waals surface area (Å²) < 4.78 is 10.9. The van der Waals surface area contributed by atoms with Crippen LogP contribution < -0.4 is 4.74 Å². The second-order valence-corrected chi connectivity index (χ2v) is 6.81. The first-order valence-corrected chi connectivity index (χ1v) is 8.38. The number of rotatable bonds is 6. The lowest BCUT2D eigenvalue weighted by molar-refractivity contribution is -0.163. The fraction of sp³-hybridized carbons (Fsp3) is 0.300. The molecule has 0 fully saturated rings. The molecule has 0 aliphatic heterocycles. The summed E-state index contributed by atoms with van der Waals surface area (Å²) in [7, 11) is 0. The SMILES string of the molecule is CC(C)OC(=O)C(C)(C)Oc1ccc(C(=O)c2ccccc2Cl)cc1. The Morgan fingerprint density at radius 1 is 1.00 bits per heavy atom. The molecule has 0 N–H and O–H groups in total. The number of carbonyl (C=O) groups excluding carboxylic acids is 2. The highest BCUT2D eigenvalue weighted by Crippen LogP contribution is 2.23. The molecule has 132 valence electrons. The van der Waals surface area contributed by atoms with Gasteiger partial charge in [-0.25, -0.2) is 4.79 Å². The van der Waals surface area contributed by atoms with Crippen molar-refractivity contribution in [1.82, 2.24) is 0 Å². The zero-order valence-electron chi connectivity index (χ0n) is 14.7. The molecule has 0 unspecified atom stereocenters. The fourth-order valence-electron chi connectivity index (χ4n) is 2.17. The van der Waals surface area contributed by atoms with Gasteiger partial charge in [0, 0.05) is 11.1 Å². The third-order valence-corrected chi connectivity index (χ3v) is 3.77. The minimum absolute atomic E-state index is 0.171. The number of ether oxygens (including phenoxy) is 2. The summed E-state index contributed by atoms with van der Waals surface area (Å²) in [5.41, 5.74) is -0.194. The molecule has 0 aliphatic rings. The van der Waals surface area contributed by atoms with E-state index in [2.05, 4.69) is 0 Å². The van der Waals surface area contributed by atoms with E-state index >= 15 is 0 Å². The molecule has 25 heavy (non-hydrogen) atoms. The van der Waals surface area contributed by atoms with Crippen LogP contribution in [-0.4, -0.2) is 23.5 Å². The molecule has 0 amide bonds. The Bertz CT molecular complexity index is 764. The van der Waals surface area contributed by atoms with Crippen LogP contribution in [0.4, 0.5) is 0 Å². The molecule has 0 bridgehead atoms. The smallest absolute Gasteiger partial charge is 0.350 e. The lowest BCUT2D eigenvalue weighted by atomic mass is 10.0. The third kappa shape index (κ3) is 4.83. The summed E-state index contributed by atoms with van der Waals surface area (Å²) in [5.74, 6) is -0.143. The van der Waals surface area contributed by atoms with E-state index in [-0.39, 0.29) is 11.9 Å². The van der Waals surface area contributed by atoms with Crippen molar-refractivity contribution < 1.29 is 19.1 Å². The van der Waals surface area contributed by atoms with Gasteiger partial charge in [-0.2, -0.15) is 0 Å². The van der Waals surface area contributed by atoms with E-state index in [0.717, 1.165) is 0 Å². The average molecular weight is 361 g/mol. The molecule has 0 saturated heterocycles. The molecule has 0 aromatic heterocycles. The molecule has 0 spiro atoms. The fourth-order valence-corrected chi connectivity index (χ4v) is 2.39. The summed E-state index contributed by atoms with van der Waals surface area (Å²) in [6.45, 7) is 6.84. The number of esters is 1. The summed E-state index contributed by atoms with van der Waals surface area (Å²) in [5, 5.41) is 0.408. The third-order valence-electron chi connectivity index (χ3n) is 3.44. The molecule has 0 aliphatic carbocycles. The molecule has 0 saturated carbocycles. The van der Waals surface area contributed by atoms with E-state index < -0.39 is 11.6 Å². The van der Waals surface area contributed by atoms with Crippen molar-refractivity contribution in [2.45, 2.75) is 39.4 Å². The largest absolute Gasteiger partial charge is 0.476 e. The van der Waals surface area contributed by atoms with E-state index in [4.69, 9.17) is 21.1 Å². The van der Waals surface area contributed by atoms with Gasteiger partial charge < -0.3 is 9.47 Å². The Kier molecular flexibility index (Phi) is 5.85. The van der Waals surface area contributed by atoms with Gasteiger partial charge in [-0.15, -0.1) is 0 Å². The lowest BCUT2D eigenvalue weighted by Crippen LogP contribution is -2.40. The van der Waals surface area contributed by atoms with Gasteiger partial charge >= 0.3 is 5.97 Å². The number of benzene rings is 2. The summed E-state index contributed by atoms with van der Waals surface area (Å²) in [4.78, 5) is 24.6. The van der Waals surface area contributed by atoms with E-state index in [1.54, 1.807) is 76.2 Å².